The van der Waals surface area contributed by atoms with E-state index in [2.05, 4.69) is 15.0 Å². The SMILES string of the molecule is Nc1nccn2cc(-c3ccc(Oc4ccncc4)cc3)nc12. The van der Waals surface area contributed by atoms with Crippen molar-refractivity contribution in [3.8, 4) is 22.8 Å². The summed E-state index contributed by atoms with van der Waals surface area (Å²) in [6.45, 7) is 0. The Hall–Kier alpha value is -3.41. The third-order valence-electron chi connectivity index (χ3n) is 3.44. The van der Waals surface area contributed by atoms with Crippen LogP contribution in [0.25, 0.3) is 16.9 Å². The summed E-state index contributed by atoms with van der Waals surface area (Å²) in [6.07, 6.45) is 8.78. The summed E-state index contributed by atoms with van der Waals surface area (Å²) in [7, 11) is 0. The van der Waals surface area contributed by atoms with E-state index in [0.717, 1.165) is 22.8 Å². The van der Waals surface area contributed by atoms with Crippen molar-refractivity contribution in [2.75, 3.05) is 5.73 Å². The number of nitrogens with zero attached hydrogens (tertiary/aromatic N) is 4. The molecule has 112 valence electrons. The van der Waals surface area contributed by atoms with Gasteiger partial charge in [0.1, 0.15) is 11.5 Å². The van der Waals surface area contributed by atoms with E-state index in [9.17, 15) is 0 Å². The average Bonchev–Trinajstić information content (AvgIpc) is 3.02. The molecule has 0 saturated heterocycles. The minimum atomic E-state index is 0.413. The molecule has 4 aromatic rings. The molecule has 0 amide bonds. The van der Waals surface area contributed by atoms with E-state index in [1.54, 1.807) is 18.6 Å². The van der Waals surface area contributed by atoms with E-state index in [-0.39, 0.29) is 0 Å². The normalized spacial score (nSPS) is 10.8. The summed E-state index contributed by atoms with van der Waals surface area (Å²) >= 11 is 0. The smallest absolute Gasteiger partial charge is 0.180 e. The predicted molar refractivity (Wildman–Crippen MR) is 87.1 cm³/mol. The van der Waals surface area contributed by atoms with Crippen LogP contribution >= 0.6 is 0 Å². The number of hydrogen-bond acceptors (Lipinski definition) is 5. The Bertz CT molecular complexity index is 948. The lowest BCUT2D eigenvalue weighted by molar-refractivity contribution is 0.482. The molecule has 3 aromatic heterocycles. The van der Waals surface area contributed by atoms with Gasteiger partial charge in [0, 0.05) is 36.5 Å². The lowest BCUT2D eigenvalue weighted by atomic mass is 10.1. The Morgan fingerprint density at radius 3 is 2.39 bits per heavy atom. The molecule has 0 unspecified atom stereocenters. The number of benzene rings is 1. The third kappa shape index (κ3) is 2.57. The van der Waals surface area contributed by atoms with E-state index in [1.807, 2.05) is 53.2 Å². The highest BCUT2D eigenvalue weighted by Gasteiger charge is 2.07. The number of pyridine rings is 1. The molecular weight excluding hydrogens is 290 g/mol. The molecule has 0 radical (unpaired) electrons. The molecule has 0 bridgehead atoms. The quantitative estimate of drug-likeness (QED) is 0.629. The highest BCUT2D eigenvalue weighted by Crippen LogP contribution is 2.25. The number of anilines is 1. The molecule has 4 rings (SSSR count). The van der Waals surface area contributed by atoms with E-state index in [0.29, 0.717) is 11.5 Å². The highest BCUT2D eigenvalue weighted by molar-refractivity contribution is 5.68. The number of nitrogens with two attached hydrogens (primary N) is 1. The lowest BCUT2D eigenvalue weighted by Crippen LogP contribution is -1.94. The molecule has 0 spiro atoms. The van der Waals surface area contributed by atoms with Crippen molar-refractivity contribution in [2.45, 2.75) is 0 Å². The monoisotopic (exact) mass is 303 g/mol. The second-order valence-electron chi connectivity index (χ2n) is 4.98. The standard InChI is InChI=1S/C17H13N5O/c18-16-17-21-15(11-22(17)10-9-20-16)12-1-3-13(4-2-12)23-14-5-7-19-8-6-14/h1-11H,(H2,18,20). The van der Waals surface area contributed by atoms with Crippen LogP contribution in [0.5, 0.6) is 11.5 Å². The van der Waals surface area contributed by atoms with Crippen molar-refractivity contribution in [3.63, 3.8) is 0 Å². The molecular formula is C17H13N5O. The topological polar surface area (TPSA) is 78.3 Å². The molecule has 0 saturated carbocycles. The molecule has 3 heterocycles. The molecule has 6 nitrogen and oxygen atoms in total. The highest BCUT2D eigenvalue weighted by atomic mass is 16.5. The second kappa shape index (κ2) is 5.42. The zero-order valence-corrected chi connectivity index (χ0v) is 12.1. The fourth-order valence-corrected chi connectivity index (χ4v) is 2.32. The largest absolute Gasteiger partial charge is 0.457 e. The van der Waals surface area contributed by atoms with Crippen LogP contribution in [0.2, 0.25) is 0 Å². The summed E-state index contributed by atoms with van der Waals surface area (Å²) < 4.78 is 7.61. The van der Waals surface area contributed by atoms with Gasteiger partial charge in [0.25, 0.3) is 0 Å². The minimum absolute atomic E-state index is 0.413. The van der Waals surface area contributed by atoms with E-state index in [4.69, 9.17) is 10.5 Å². The summed E-state index contributed by atoms with van der Waals surface area (Å²) in [5.41, 5.74) is 8.31. The van der Waals surface area contributed by atoms with Gasteiger partial charge in [0.2, 0.25) is 0 Å². The Balaban J connectivity index is 1.63. The first kappa shape index (κ1) is 13.3. The number of imidazole rings is 1. The number of aromatic nitrogens is 4. The van der Waals surface area contributed by atoms with Gasteiger partial charge in [0.05, 0.1) is 5.69 Å². The minimum Gasteiger partial charge on any atom is -0.457 e. The number of nitrogen functional groups attached to an aromatic ring is 1. The van der Waals surface area contributed by atoms with Crippen molar-refractivity contribution in [1.82, 2.24) is 19.4 Å². The number of hydrogen-bond donors (Lipinski definition) is 1. The molecule has 6 heteroatoms. The van der Waals surface area contributed by atoms with Gasteiger partial charge >= 0.3 is 0 Å². The van der Waals surface area contributed by atoms with Crippen molar-refractivity contribution in [2.24, 2.45) is 0 Å². The van der Waals surface area contributed by atoms with Gasteiger partial charge in [-0.15, -0.1) is 0 Å². The Kier molecular flexibility index (Phi) is 3.12. The number of fused-ring (bicyclic) bond motifs is 1. The zero-order chi connectivity index (χ0) is 15.6. The third-order valence-corrected chi connectivity index (χ3v) is 3.44. The summed E-state index contributed by atoms with van der Waals surface area (Å²) in [5.74, 6) is 1.92. The molecule has 0 atom stereocenters. The van der Waals surface area contributed by atoms with E-state index in [1.165, 1.54) is 0 Å². The summed E-state index contributed by atoms with van der Waals surface area (Å²) in [4.78, 5) is 12.5. The second-order valence-corrected chi connectivity index (χ2v) is 4.98. The van der Waals surface area contributed by atoms with Crippen LogP contribution in [-0.4, -0.2) is 19.4 Å². The Morgan fingerprint density at radius 1 is 0.913 bits per heavy atom. The van der Waals surface area contributed by atoms with Gasteiger partial charge in [-0.05, 0) is 36.4 Å². The summed E-state index contributed by atoms with van der Waals surface area (Å²) in [5, 5.41) is 0. The van der Waals surface area contributed by atoms with Crippen LogP contribution < -0.4 is 10.5 Å². The maximum Gasteiger partial charge on any atom is 0.180 e. The Morgan fingerprint density at radius 2 is 1.65 bits per heavy atom. The molecule has 2 N–H and O–H groups in total. The fourth-order valence-electron chi connectivity index (χ4n) is 2.32. The van der Waals surface area contributed by atoms with Gasteiger partial charge in [-0.2, -0.15) is 0 Å². The number of rotatable bonds is 3. The van der Waals surface area contributed by atoms with Gasteiger partial charge in [-0.25, -0.2) is 9.97 Å². The van der Waals surface area contributed by atoms with Gasteiger partial charge in [-0.1, -0.05) is 0 Å². The van der Waals surface area contributed by atoms with Crippen LogP contribution in [0.4, 0.5) is 5.82 Å². The molecule has 0 aliphatic rings. The van der Waals surface area contributed by atoms with Crippen LogP contribution in [0, 0.1) is 0 Å². The molecule has 0 fully saturated rings. The first-order chi connectivity index (χ1) is 11.3. The van der Waals surface area contributed by atoms with Crippen molar-refractivity contribution in [3.05, 3.63) is 67.4 Å². The summed E-state index contributed by atoms with van der Waals surface area (Å²) in [6, 6.07) is 11.4. The lowest BCUT2D eigenvalue weighted by Gasteiger charge is -2.05. The number of ether oxygens (including phenoxy) is 1. The van der Waals surface area contributed by atoms with Crippen molar-refractivity contribution < 1.29 is 4.74 Å². The van der Waals surface area contributed by atoms with E-state index < -0.39 is 0 Å². The van der Waals surface area contributed by atoms with Gasteiger partial charge in [-0.3, -0.25) is 4.98 Å². The van der Waals surface area contributed by atoms with Crippen LogP contribution in [0.3, 0.4) is 0 Å². The molecule has 23 heavy (non-hydrogen) atoms. The zero-order valence-electron chi connectivity index (χ0n) is 12.1. The molecule has 0 aliphatic carbocycles. The maximum absolute atomic E-state index is 5.84. The van der Waals surface area contributed by atoms with Crippen LogP contribution in [0.15, 0.2) is 67.4 Å². The maximum atomic E-state index is 5.84. The fraction of sp³-hybridized carbons (Fsp3) is 0. The van der Waals surface area contributed by atoms with Gasteiger partial charge in [0.15, 0.2) is 11.5 Å². The predicted octanol–water partition coefficient (Wildman–Crippen LogP) is 3.17. The van der Waals surface area contributed by atoms with E-state index >= 15 is 0 Å². The Labute approximate surface area is 132 Å². The van der Waals surface area contributed by atoms with Gasteiger partial charge < -0.3 is 14.9 Å². The first-order valence-electron chi connectivity index (χ1n) is 7.07. The first-order valence-corrected chi connectivity index (χ1v) is 7.07. The average molecular weight is 303 g/mol. The van der Waals surface area contributed by atoms with Crippen molar-refractivity contribution in [1.29, 1.82) is 0 Å². The van der Waals surface area contributed by atoms with Crippen LogP contribution in [0.1, 0.15) is 0 Å². The molecule has 0 aliphatic heterocycles. The van der Waals surface area contributed by atoms with Crippen LogP contribution in [-0.2, 0) is 0 Å². The molecule has 1 aromatic carbocycles. The van der Waals surface area contributed by atoms with Crippen molar-refractivity contribution >= 4 is 11.5 Å².